The van der Waals surface area contributed by atoms with E-state index in [1.165, 1.54) is 0 Å². The molecule has 0 radical (unpaired) electrons. The molecule has 2 heterocycles. The fourth-order valence-corrected chi connectivity index (χ4v) is 2.69. The Morgan fingerprint density at radius 3 is 2.80 bits per heavy atom. The number of hydrogen-bond donors (Lipinski definition) is 1. The van der Waals surface area contributed by atoms with E-state index in [4.69, 9.17) is 0 Å². The van der Waals surface area contributed by atoms with Crippen LogP contribution in [-0.4, -0.2) is 34.7 Å². The van der Waals surface area contributed by atoms with Gasteiger partial charge in [0, 0.05) is 36.6 Å². The maximum Gasteiger partial charge on any atom is 0.242 e. The molecule has 2 aromatic rings. The third kappa shape index (κ3) is 4.70. The minimum absolute atomic E-state index is 0.128. The summed E-state index contributed by atoms with van der Waals surface area (Å²) < 4.78 is 1.56. The van der Waals surface area contributed by atoms with Gasteiger partial charge in [0.15, 0.2) is 0 Å². The van der Waals surface area contributed by atoms with Gasteiger partial charge in [-0.3, -0.25) is 14.3 Å². The van der Waals surface area contributed by atoms with E-state index in [0.717, 1.165) is 30.6 Å². The van der Waals surface area contributed by atoms with E-state index in [0.29, 0.717) is 6.42 Å². The van der Waals surface area contributed by atoms with Gasteiger partial charge in [-0.25, -0.2) is 0 Å². The van der Waals surface area contributed by atoms with Crippen molar-refractivity contribution in [2.75, 3.05) is 18.0 Å². The molecule has 6 nitrogen and oxygen atoms in total. The zero-order chi connectivity index (χ0) is 17.5. The molecule has 128 valence electrons. The molecule has 0 spiro atoms. The molecule has 1 aromatic carbocycles. The summed E-state index contributed by atoms with van der Waals surface area (Å²) in [5.74, 6) is 5.99. The standard InChI is InChI=1S/C19H20N4O2/c24-18(15-22-13-4-12-21-22)20-11-3-5-16-7-9-17(10-8-16)23-14-2-1-6-19(23)25/h4,7-10,12-13H,1-2,6,11,14-15H2,(H,20,24). The summed E-state index contributed by atoms with van der Waals surface area (Å²) in [6, 6.07) is 9.41. The average molecular weight is 336 g/mol. The highest BCUT2D eigenvalue weighted by atomic mass is 16.2. The highest BCUT2D eigenvalue weighted by Crippen LogP contribution is 2.20. The number of rotatable bonds is 4. The monoisotopic (exact) mass is 336 g/mol. The van der Waals surface area contributed by atoms with Crippen LogP contribution >= 0.6 is 0 Å². The van der Waals surface area contributed by atoms with Crippen molar-refractivity contribution in [2.24, 2.45) is 0 Å². The zero-order valence-corrected chi connectivity index (χ0v) is 13.9. The molecule has 1 fully saturated rings. The Balaban J connectivity index is 1.49. The van der Waals surface area contributed by atoms with E-state index in [1.807, 2.05) is 29.2 Å². The minimum Gasteiger partial charge on any atom is -0.344 e. The van der Waals surface area contributed by atoms with E-state index in [9.17, 15) is 9.59 Å². The molecule has 0 atom stereocenters. The lowest BCUT2D eigenvalue weighted by Crippen LogP contribution is -2.35. The van der Waals surface area contributed by atoms with Crippen LogP contribution in [0.5, 0.6) is 0 Å². The van der Waals surface area contributed by atoms with E-state index in [-0.39, 0.29) is 24.9 Å². The van der Waals surface area contributed by atoms with Crippen LogP contribution in [0.3, 0.4) is 0 Å². The second-order valence-electron chi connectivity index (χ2n) is 5.83. The predicted octanol–water partition coefficient (Wildman–Crippen LogP) is 1.57. The van der Waals surface area contributed by atoms with Crippen molar-refractivity contribution in [3.8, 4) is 11.8 Å². The summed E-state index contributed by atoms with van der Waals surface area (Å²) in [4.78, 5) is 25.4. The Hall–Kier alpha value is -3.07. The highest BCUT2D eigenvalue weighted by Gasteiger charge is 2.19. The first-order valence-corrected chi connectivity index (χ1v) is 8.36. The largest absolute Gasteiger partial charge is 0.344 e. The van der Waals surface area contributed by atoms with Gasteiger partial charge in [-0.2, -0.15) is 5.10 Å². The van der Waals surface area contributed by atoms with E-state index in [2.05, 4.69) is 22.3 Å². The molecule has 2 amide bonds. The van der Waals surface area contributed by atoms with Crippen LogP contribution in [0.4, 0.5) is 5.69 Å². The van der Waals surface area contributed by atoms with Gasteiger partial charge in [0.05, 0.1) is 6.54 Å². The van der Waals surface area contributed by atoms with Gasteiger partial charge in [0.2, 0.25) is 11.8 Å². The summed E-state index contributed by atoms with van der Waals surface area (Å²) >= 11 is 0. The van der Waals surface area contributed by atoms with Gasteiger partial charge in [-0.15, -0.1) is 0 Å². The van der Waals surface area contributed by atoms with Crippen LogP contribution in [0.1, 0.15) is 24.8 Å². The number of nitrogens with zero attached hydrogens (tertiary/aromatic N) is 3. The van der Waals surface area contributed by atoms with Gasteiger partial charge < -0.3 is 10.2 Å². The van der Waals surface area contributed by atoms with Crippen molar-refractivity contribution >= 4 is 17.5 Å². The van der Waals surface area contributed by atoms with Crippen LogP contribution in [-0.2, 0) is 16.1 Å². The van der Waals surface area contributed by atoms with Crippen molar-refractivity contribution in [1.29, 1.82) is 0 Å². The second-order valence-corrected chi connectivity index (χ2v) is 5.83. The lowest BCUT2D eigenvalue weighted by Gasteiger charge is -2.26. The molecule has 1 aromatic heterocycles. The zero-order valence-electron chi connectivity index (χ0n) is 13.9. The van der Waals surface area contributed by atoms with E-state index >= 15 is 0 Å². The molecule has 0 bridgehead atoms. The van der Waals surface area contributed by atoms with Crippen LogP contribution in [0, 0.1) is 11.8 Å². The molecular formula is C19H20N4O2. The van der Waals surface area contributed by atoms with Gasteiger partial charge in [0.1, 0.15) is 6.54 Å². The number of nitrogens with one attached hydrogen (secondary N) is 1. The first-order chi connectivity index (χ1) is 12.2. The number of aromatic nitrogens is 2. The highest BCUT2D eigenvalue weighted by molar-refractivity contribution is 5.94. The third-order valence-electron chi connectivity index (χ3n) is 3.97. The topological polar surface area (TPSA) is 67.2 Å². The first kappa shape index (κ1) is 16.8. The first-order valence-electron chi connectivity index (χ1n) is 8.36. The normalized spacial score (nSPS) is 13.9. The molecule has 25 heavy (non-hydrogen) atoms. The van der Waals surface area contributed by atoms with Crippen LogP contribution in [0.2, 0.25) is 0 Å². The second kappa shape index (κ2) is 8.15. The van der Waals surface area contributed by atoms with Crippen LogP contribution in [0.15, 0.2) is 42.7 Å². The number of piperidine rings is 1. The molecule has 3 rings (SSSR count). The van der Waals surface area contributed by atoms with Gasteiger partial charge in [0.25, 0.3) is 0 Å². The Morgan fingerprint density at radius 2 is 2.08 bits per heavy atom. The smallest absolute Gasteiger partial charge is 0.242 e. The van der Waals surface area contributed by atoms with E-state index < -0.39 is 0 Å². The van der Waals surface area contributed by atoms with Gasteiger partial charge in [-0.05, 0) is 43.2 Å². The van der Waals surface area contributed by atoms with Crippen molar-refractivity contribution < 1.29 is 9.59 Å². The summed E-state index contributed by atoms with van der Waals surface area (Å²) in [5.41, 5.74) is 1.78. The quantitative estimate of drug-likeness (QED) is 0.862. The third-order valence-corrected chi connectivity index (χ3v) is 3.97. The molecule has 1 N–H and O–H groups in total. The maximum atomic E-state index is 11.9. The molecular weight excluding hydrogens is 316 g/mol. The number of carbonyl (C=O) groups excluding carboxylic acids is 2. The molecule has 1 aliphatic rings. The Kier molecular flexibility index (Phi) is 5.47. The Labute approximate surface area is 146 Å². The fourth-order valence-electron chi connectivity index (χ4n) is 2.69. The summed E-state index contributed by atoms with van der Waals surface area (Å²) in [6.45, 7) is 1.26. The van der Waals surface area contributed by atoms with E-state index in [1.54, 1.807) is 23.1 Å². The number of amides is 2. The Bertz CT molecular complexity index is 785. The van der Waals surface area contributed by atoms with Crippen molar-refractivity contribution in [3.05, 3.63) is 48.3 Å². The molecule has 1 saturated heterocycles. The van der Waals surface area contributed by atoms with Crippen molar-refractivity contribution in [1.82, 2.24) is 15.1 Å². The summed E-state index contributed by atoms with van der Waals surface area (Å²) in [6.07, 6.45) is 6.02. The van der Waals surface area contributed by atoms with Crippen molar-refractivity contribution in [3.63, 3.8) is 0 Å². The predicted molar refractivity (Wildman–Crippen MR) is 94.8 cm³/mol. The SMILES string of the molecule is O=C(Cn1cccn1)NCC#Cc1ccc(N2CCCCC2=O)cc1. The number of anilines is 1. The molecule has 0 aliphatic carbocycles. The molecule has 1 aliphatic heterocycles. The maximum absolute atomic E-state index is 11.9. The van der Waals surface area contributed by atoms with Crippen LogP contribution in [0.25, 0.3) is 0 Å². The summed E-state index contributed by atoms with van der Waals surface area (Å²) in [7, 11) is 0. The fraction of sp³-hybridized carbons (Fsp3) is 0.316. The molecule has 0 unspecified atom stereocenters. The summed E-state index contributed by atoms with van der Waals surface area (Å²) in [5, 5.41) is 6.71. The van der Waals surface area contributed by atoms with Crippen LogP contribution < -0.4 is 10.2 Å². The van der Waals surface area contributed by atoms with Crippen molar-refractivity contribution in [2.45, 2.75) is 25.8 Å². The lowest BCUT2D eigenvalue weighted by atomic mass is 10.1. The average Bonchev–Trinajstić information content (AvgIpc) is 3.13. The number of benzene rings is 1. The van der Waals surface area contributed by atoms with Gasteiger partial charge in [-0.1, -0.05) is 11.8 Å². The number of hydrogen-bond acceptors (Lipinski definition) is 3. The van der Waals surface area contributed by atoms with Gasteiger partial charge >= 0.3 is 0 Å². The molecule has 6 heteroatoms. The Morgan fingerprint density at radius 1 is 1.24 bits per heavy atom. The number of carbonyl (C=O) groups is 2. The molecule has 0 saturated carbocycles. The minimum atomic E-state index is -0.128. The lowest BCUT2D eigenvalue weighted by molar-refractivity contribution is -0.121.